The Labute approximate surface area is 341 Å². The zero-order valence-electron chi connectivity index (χ0n) is 31.4. The Kier molecular flexibility index (Phi) is 6.82. The monoisotopic (exact) mass is 770 g/mol. The van der Waals surface area contributed by atoms with E-state index in [2.05, 4.69) is 174 Å². The van der Waals surface area contributed by atoms with Crippen LogP contribution in [0.15, 0.2) is 186 Å². The van der Waals surface area contributed by atoms with Crippen molar-refractivity contribution in [1.29, 1.82) is 0 Å². The summed E-state index contributed by atoms with van der Waals surface area (Å²) in [6.07, 6.45) is 0. The number of para-hydroxylation sites is 2. The summed E-state index contributed by atoms with van der Waals surface area (Å²) in [4.78, 5) is 16.3. The van der Waals surface area contributed by atoms with Crippen LogP contribution < -0.4 is 0 Å². The van der Waals surface area contributed by atoms with Crippen LogP contribution in [0.25, 0.3) is 125 Å². The Bertz CT molecular complexity index is 3870. The van der Waals surface area contributed by atoms with Gasteiger partial charge in [0.2, 0.25) is 0 Å². The van der Waals surface area contributed by atoms with Crippen molar-refractivity contribution in [3.8, 4) is 39.9 Å². The van der Waals surface area contributed by atoms with Crippen LogP contribution in [0.3, 0.4) is 0 Å². The Morgan fingerprint density at radius 3 is 1.85 bits per heavy atom. The van der Waals surface area contributed by atoms with Gasteiger partial charge in [-0.3, -0.25) is 0 Å². The third-order valence-electron chi connectivity index (χ3n) is 11.8. The lowest BCUT2D eigenvalue weighted by Crippen LogP contribution is -2.04. The van der Waals surface area contributed by atoms with Gasteiger partial charge in [0.1, 0.15) is 11.2 Å². The Hall–Kier alpha value is -7.67. The third kappa shape index (κ3) is 4.87. The molecule has 4 aromatic heterocycles. The highest BCUT2D eigenvalue weighted by Crippen LogP contribution is 2.43. The summed E-state index contributed by atoms with van der Waals surface area (Å²) in [5, 5.41) is 11.3. The average Bonchev–Trinajstić information content (AvgIpc) is 3.96. The summed E-state index contributed by atoms with van der Waals surface area (Å²) in [7, 11) is 0. The number of rotatable bonds is 4. The van der Waals surface area contributed by atoms with Gasteiger partial charge in [0.05, 0.1) is 16.7 Å². The Morgan fingerprint density at radius 1 is 0.373 bits per heavy atom. The van der Waals surface area contributed by atoms with Crippen molar-refractivity contribution in [3.63, 3.8) is 0 Å². The fourth-order valence-corrected chi connectivity index (χ4v) is 10.3. The van der Waals surface area contributed by atoms with Crippen LogP contribution in [0.5, 0.6) is 0 Å². The molecule has 59 heavy (non-hydrogen) atoms. The average molecular weight is 771 g/mol. The van der Waals surface area contributed by atoms with Crippen molar-refractivity contribution >= 4 is 96.8 Å². The molecule has 13 rings (SSSR count). The molecule has 9 aromatic carbocycles. The van der Waals surface area contributed by atoms with Gasteiger partial charge in [-0.25, -0.2) is 15.0 Å². The van der Waals surface area contributed by atoms with E-state index in [0.717, 1.165) is 71.5 Å². The molecule has 6 heteroatoms. The predicted molar refractivity (Wildman–Crippen MR) is 246 cm³/mol. The largest absolute Gasteiger partial charge is 0.456 e. The van der Waals surface area contributed by atoms with Crippen molar-refractivity contribution in [2.45, 2.75) is 0 Å². The van der Waals surface area contributed by atoms with Crippen molar-refractivity contribution in [2.24, 2.45) is 0 Å². The lowest BCUT2D eigenvalue weighted by Gasteiger charge is -2.16. The minimum Gasteiger partial charge on any atom is -0.456 e. The van der Waals surface area contributed by atoms with Crippen LogP contribution in [-0.4, -0.2) is 19.5 Å². The zero-order chi connectivity index (χ0) is 38.6. The van der Waals surface area contributed by atoms with E-state index < -0.39 is 0 Å². The first-order chi connectivity index (χ1) is 29.2. The van der Waals surface area contributed by atoms with Crippen molar-refractivity contribution < 1.29 is 4.42 Å². The van der Waals surface area contributed by atoms with E-state index in [9.17, 15) is 0 Å². The number of hydrogen-bond donors (Lipinski definition) is 0. The van der Waals surface area contributed by atoms with Gasteiger partial charge in [-0.15, -0.1) is 11.3 Å². The highest BCUT2D eigenvalue weighted by atomic mass is 32.1. The van der Waals surface area contributed by atoms with Crippen molar-refractivity contribution in [3.05, 3.63) is 182 Å². The van der Waals surface area contributed by atoms with Gasteiger partial charge in [-0.05, 0) is 64.0 Å². The van der Waals surface area contributed by atoms with Crippen molar-refractivity contribution in [2.75, 3.05) is 0 Å². The zero-order valence-corrected chi connectivity index (χ0v) is 32.2. The molecule has 0 fully saturated rings. The van der Waals surface area contributed by atoms with Crippen LogP contribution >= 0.6 is 11.3 Å². The molecule has 0 radical (unpaired) electrons. The van der Waals surface area contributed by atoms with E-state index in [0.29, 0.717) is 17.5 Å². The van der Waals surface area contributed by atoms with Crippen LogP contribution in [0, 0.1) is 0 Å². The second kappa shape index (κ2) is 12.4. The number of benzene rings is 9. The molecule has 0 aliphatic rings. The molecule has 4 heterocycles. The number of hydrogen-bond acceptors (Lipinski definition) is 5. The van der Waals surface area contributed by atoms with Crippen LogP contribution in [0.4, 0.5) is 0 Å². The molecule has 0 spiro atoms. The van der Waals surface area contributed by atoms with Crippen LogP contribution in [0.1, 0.15) is 0 Å². The number of furan rings is 1. The number of fused-ring (bicyclic) bond motifs is 11. The van der Waals surface area contributed by atoms with Gasteiger partial charge in [0.15, 0.2) is 17.5 Å². The molecule has 13 aromatic rings. The SMILES string of the molecule is c1ccc2cc3c(cc2c1)c1ccccc1n3-c1cc2oc3ccccc3c2cc1-c1nc(-c2cccc3ccccc23)nc(-c2cccc3sc4ccccc4c23)n1. The van der Waals surface area contributed by atoms with Gasteiger partial charge in [-0.1, -0.05) is 133 Å². The molecule has 0 unspecified atom stereocenters. The minimum atomic E-state index is 0.586. The molecule has 0 saturated carbocycles. The van der Waals surface area contributed by atoms with E-state index in [-0.39, 0.29) is 0 Å². The maximum atomic E-state index is 6.63. The summed E-state index contributed by atoms with van der Waals surface area (Å²) in [6, 6.07) is 64.4. The summed E-state index contributed by atoms with van der Waals surface area (Å²) >= 11 is 1.80. The molecule has 0 atom stereocenters. The van der Waals surface area contributed by atoms with E-state index in [1.54, 1.807) is 11.3 Å². The van der Waals surface area contributed by atoms with E-state index >= 15 is 0 Å². The van der Waals surface area contributed by atoms with Crippen LogP contribution in [0.2, 0.25) is 0 Å². The minimum absolute atomic E-state index is 0.586. The summed E-state index contributed by atoms with van der Waals surface area (Å²) in [5.74, 6) is 1.83. The standard InChI is InChI=1S/C53H30N4OS/c1-2-15-33-28-44-40(27-32(33)14-1)35-18-5-8-23-43(35)57(44)45-30-47-41(36-19-6-9-24-46(36)58-47)29-42(45)53-55-51(37-21-11-16-31-13-3-4-17-34(31)37)54-52(56-53)39-22-12-26-49-50(39)38-20-7-10-25-48(38)59-49/h1-30H. The summed E-state index contributed by atoms with van der Waals surface area (Å²) in [5.41, 5.74) is 7.56. The van der Waals surface area contributed by atoms with Gasteiger partial charge in [0, 0.05) is 64.5 Å². The second-order valence-corrected chi connectivity index (χ2v) is 16.2. The smallest absolute Gasteiger partial charge is 0.166 e. The Balaban J connectivity index is 1.18. The summed E-state index contributed by atoms with van der Waals surface area (Å²) < 4.78 is 11.4. The molecular formula is C53H30N4OS. The van der Waals surface area contributed by atoms with Crippen LogP contribution in [-0.2, 0) is 0 Å². The normalized spacial score (nSPS) is 12.1. The molecular weight excluding hydrogens is 741 g/mol. The molecule has 0 amide bonds. The number of aromatic nitrogens is 4. The first kappa shape index (κ1) is 32.4. The molecule has 0 N–H and O–H groups in total. The molecule has 5 nitrogen and oxygen atoms in total. The topological polar surface area (TPSA) is 56.7 Å². The number of nitrogens with zero attached hydrogens (tertiary/aromatic N) is 4. The van der Waals surface area contributed by atoms with Gasteiger partial charge < -0.3 is 8.98 Å². The lowest BCUT2D eigenvalue weighted by atomic mass is 10.0. The second-order valence-electron chi connectivity index (χ2n) is 15.1. The maximum Gasteiger partial charge on any atom is 0.166 e. The molecule has 0 aliphatic carbocycles. The quantitative estimate of drug-likeness (QED) is 0.179. The highest BCUT2D eigenvalue weighted by molar-refractivity contribution is 7.25. The third-order valence-corrected chi connectivity index (χ3v) is 13.0. The molecule has 274 valence electrons. The predicted octanol–water partition coefficient (Wildman–Crippen LogP) is 14.5. The van der Waals surface area contributed by atoms with E-state index in [4.69, 9.17) is 19.4 Å². The fourth-order valence-electron chi connectivity index (χ4n) is 9.16. The highest BCUT2D eigenvalue weighted by Gasteiger charge is 2.24. The maximum absolute atomic E-state index is 6.63. The van der Waals surface area contributed by atoms with E-state index in [1.807, 2.05) is 12.1 Å². The van der Waals surface area contributed by atoms with Gasteiger partial charge in [-0.2, -0.15) is 0 Å². The van der Waals surface area contributed by atoms with Gasteiger partial charge >= 0.3 is 0 Å². The van der Waals surface area contributed by atoms with Gasteiger partial charge in [0.25, 0.3) is 0 Å². The fraction of sp³-hybridized carbons (Fsp3) is 0. The molecule has 0 saturated heterocycles. The lowest BCUT2D eigenvalue weighted by molar-refractivity contribution is 0.668. The summed E-state index contributed by atoms with van der Waals surface area (Å²) in [6.45, 7) is 0. The molecule has 0 aliphatic heterocycles. The molecule has 0 bridgehead atoms. The van der Waals surface area contributed by atoms with Crippen molar-refractivity contribution in [1.82, 2.24) is 19.5 Å². The number of thiophene rings is 1. The first-order valence-corrected chi connectivity index (χ1v) is 20.6. The Morgan fingerprint density at radius 2 is 0.983 bits per heavy atom. The van der Waals surface area contributed by atoms with E-state index in [1.165, 1.54) is 36.3 Å². The first-order valence-electron chi connectivity index (χ1n) is 19.8.